The minimum absolute atomic E-state index is 0.00832. The molecule has 1 aliphatic heterocycles. The smallest absolute Gasteiger partial charge is 0.242 e. The summed E-state index contributed by atoms with van der Waals surface area (Å²) in [6.45, 7) is 14.3. The number of nitrogens with one attached hydrogen (secondary N) is 1. The molecule has 0 aliphatic carbocycles. The zero-order valence-electron chi connectivity index (χ0n) is 11.6. The highest BCUT2D eigenvalue weighted by atomic mass is 16.2. The highest BCUT2D eigenvalue weighted by Crippen LogP contribution is 2.22. The van der Waals surface area contributed by atoms with Gasteiger partial charge in [-0.05, 0) is 40.0 Å². The second-order valence-electron chi connectivity index (χ2n) is 6.54. The molecule has 1 saturated heterocycles. The van der Waals surface area contributed by atoms with Crippen molar-refractivity contribution in [1.29, 1.82) is 0 Å². The quantitative estimate of drug-likeness (QED) is 0.798. The van der Waals surface area contributed by atoms with Gasteiger partial charge in [-0.25, -0.2) is 0 Å². The minimum Gasteiger partial charge on any atom is -0.339 e. The molecule has 16 heavy (non-hydrogen) atoms. The van der Waals surface area contributed by atoms with Gasteiger partial charge in [0.2, 0.25) is 5.91 Å². The van der Waals surface area contributed by atoms with E-state index in [1.807, 2.05) is 18.7 Å². The van der Waals surface area contributed by atoms with E-state index in [0.29, 0.717) is 5.92 Å². The predicted octanol–water partition coefficient (Wildman–Crippen LogP) is 2.02. The van der Waals surface area contributed by atoms with Crippen LogP contribution in [0.15, 0.2) is 0 Å². The number of hydrogen-bond donors (Lipinski definition) is 1. The molecule has 0 spiro atoms. The Morgan fingerprint density at radius 3 is 2.38 bits per heavy atom. The van der Waals surface area contributed by atoms with Crippen molar-refractivity contribution in [2.45, 2.75) is 59.0 Å². The van der Waals surface area contributed by atoms with Crippen molar-refractivity contribution in [3.63, 3.8) is 0 Å². The lowest BCUT2D eigenvalue weighted by Crippen LogP contribution is -2.69. The number of carbonyl (C=O) groups excluding carboxylic acids is 1. The van der Waals surface area contributed by atoms with Gasteiger partial charge in [0, 0.05) is 18.6 Å². The molecule has 0 aromatic rings. The van der Waals surface area contributed by atoms with Crippen molar-refractivity contribution in [1.82, 2.24) is 10.2 Å². The molecule has 1 amide bonds. The zero-order valence-corrected chi connectivity index (χ0v) is 11.6. The van der Waals surface area contributed by atoms with Crippen molar-refractivity contribution in [3.8, 4) is 0 Å². The maximum Gasteiger partial charge on any atom is 0.242 e. The van der Waals surface area contributed by atoms with Gasteiger partial charge in [0.05, 0.1) is 5.54 Å². The third-order valence-electron chi connectivity index (χ3n) is 3.04. The second-order valence-corrected chi connectivity index (χ2v) is 6.54. The Morgan fingerprint density at radius 1 is 1.31 bits per heavy atom. The topological polar surface area (TPSA) is 32.3 Å². The lowest BCUT2D eigenvalue weighted by Gasteiger charge is -2.47. The van der Waals surface area contributed by atoms with Gasteiger partial charge in [-0.1, -0.05) is 13.8 Å². The van der Waals surface area contributed by atoms with Crippen LogP contribution in [-0.2, 0) is 4.79 Å². The molecule has 0 unspecified atom stereocenters. The van der Waals surface area contributed by atoms with Gasteiger partial charge >= 0.3 is 0 Å². The third kappa shape index (κ3) is 3.21. The van der Waals surface area contributed by atoms with Gasteiger partial charge in [0.1, 0.15) is 0 Å². The summed E-state index contributed by atoms with van der Waals surface area (Å²) in [5.74, 6) is 0.876. The van der Waals surface area contributed by atoms with E-state index < -0.39 is 5.54 Å². The number of carbonyl (C=O) groups is 1. The fourth-order valence-corrected chi connectivity index (χ4v) is 2.48. The fourth-order valence-electron chi connectivity index (χ4n) is 2.48. The Morgan fingerprint density at radius 2 is 1.88 bits per heavy atom. The van der Waals surface area contributed by atoms with Crippen LogP contribution in [-0.4, -0.2) is 35.0 Å². The van der Waals surface area contributed by atoms with Crippen molar-refractivity contribution in [2.75, 3.05) is 13.1 Å². The van der Waals surface area contributed by atoms with Crippen LogP contribution in [0.4, 0.5) is 0 Å². The Labute approximate surface area is 99.6 Å². The summed E-state index contributed by atoms with van der Waals surface area (Å²) >= 11 is 0. The molecule has 1 heterocycles. The van der Waals surface area contributed by atoms with E-state index in [2.05, 4.69) is 33.0 Å². The molecule has 1 aliphatic rings. The van der Waals surface area contributed by atoms with Crippen LogP contribution < -0.4 is 5.32 Å². The average Bonchev–Trinajstić information content (AvgIpc) is 2.07. The van der Waals surface area contributed by atoms with E-state index in [4.69, 9.17) is 0 Å². The van der Waals surface area contributed by atoms with Gasteiger partial charge < -0.3 is 4.90 Å². The summed E-state index contributed by atoms with van der Waals surface area (Å²) in [4.78, 5) is 14.2. The largest absolute Gasteiger partial charge is 0.339 e. The highest BCUT2D eigenvalue weighted by Gasteiger charge is 2.42. The first-order chi connectivity index (χ1) is 7.14. The lowest BCUT2D eigenvalue weighted by molar-refractivity contribution is -0.143. The van der Waals surface area contributed by atoms with Crippen LogP contribution in [0.3, 0.4) is 0 Å². The fraction of sp³-hybridized carbons (Fsp3) is 0.923. The first-order valence-electron chi connectivity index (χ1n) is 6.23. The Bertz CT molecular complexity index is 269. The van der Waals surface area contributed by atoms with Crippen molar-refractivity contribution in [3.05, 3.63) is 0 Å². The van der Waals surface area contributed by atoms with E-state index in [1.54, 1.807) is 0 Å². The number of hydrogen-bond acceptors (Lipinski definition) is 2. The lowest BCUT2D eigenvalue weighted by atomic mass is 9.90. The Kier molecular flexibility index (Phi) is 3.68. The number of nitrogens with zero attached hydrogens (tertiary/aromatic N) is 1. The molecule has 1 rings (SSSR count). The summed E-state index contributed by atoms with van der Waals surface area (Å²) in [5.41, 5.74) is -0.423. The molecule has 3 heteroatoms. The number of amides is 1. The molecule has 0 saturated carbocycles. The summed E-state index contributed by atoms with van der Waals surface area (Å²) < 4.78 is 0. The summed E-state index contributed by atoms with van der Waals surface area (Å²) in [7, 11) is 0. The monoisotopic (exact) mass is 226 g/mol. The standard InChI is InChI=1S/C13H26N2O/c1-10(2)7-8-15-9-12(3,4)14-13(5,6)11(15)16/h10,14H,7-9H2,1-6H3. The summed E-state index contributed by atoms with van der Waals surface area (Å²) in [6.07, 6.45) is 1.08. The molecule has 0 aromatic heterocycles. The van der Waals surface area contributed by atoms with E-state index in [0.717, 1.165) is 19.5 Å². The molecular formula is C13H26N2O. The third-order valence-corrected chi connectivity index (χ3v) is 3.04. The molecule has 0 bridgehead atoms. The van der Waals surface area contributed by atoms with Gasteiger partial charge in [-0.15, -0.1) is 0 Å². The van der Waals surface area contributed by atoms with Crippen LogP contribution in [0.1, 0.15) is 48.0 Å². The van der Waals surface area contributed by atoms with Crippen LogP contribution >= 0.6 is 0 Å². The minimum atomic E-state index is -0.432. The zero-order chi connectivity index (χ0) is 12.6. The van der Waals surface area contributed by atoms with Gasteiger partial charge in [-0.2, -0.15) is 0 Å². The van der Waals surface area contributed by atoms with Crippen LogP contribution in [0.5, 0.6) is 0 Å². The molecule has 1 N–H and O–H groups in total. The molecule has 0 atom stereocenters. The van der Waals surface area contributed by atoms with Crippen molar-refractivity contribution < 1.29 is 4.79 Å². The van der Waals surface area contributed by atoms with Crippen LogP contribution in [0, 0.1) is 5.92 Å². The first-order valence-corrected chi connectivity index (χ1v) is 6.23. The predicted molar refractivity (Wildman–Crippen MR) is 67.3 cm³/mol. The molecule has 0 aromatic carbocycles. The van der Waals surface area contributed by atoms with Gasteiger partial charge in [0.15, 0.2) is 0 Å². The Balaban J connectivity index is 2.72. The van der Waals surface area contributed by atoms with Crippen LogP contribution in [0.25, 0.3) is 0 Å². The maximum atomic E-state index is 12.2. The van der Waals surface area contributed by atoms with Gasteiger partial charge in [-0.3, -0.25) is 10.1 Å². The normalized spacial score (nSPS) is 23.9. The van der Waals surface area contributed by atoms with Crippen molar-refractivity contribution >= 4 is 5.91 Å². The molecule has 0 radical (unpaired) electrons. The molecule has 94 valence electrons. The van der Waals surface area contributed by atoms with E-state index in [1.165, 1.54) is 0 Å². The highest BCUT2D eigenvalue weighted by molar-refractivity contribution is 5.86. The maximum absolute atomic E-state index is 12.2. The summed E-state index contributed by atoms with van der Waals surface area (Å²) in [5, 5.41) is 3.41. The summed E-state index contributed by atoms with van der Waals surface area (Å²) in [6, 6.07) is 0. The van der Waals surface area contributed by atoms with E-state index in [9.17, 15) is 4.79 Å². The molecular weight excluding hydrogens is 200 g/mol. The van der Waals surface area contributed by atoms with Gasteiger partial charge in [0.25, 0.3) is 0 Å². The first kappa shape index (κ1) is 13.5. The molecule has 3 nitrogen and oxygen atoms in total. The van der Waals surface area contributed by atoms with E-state index >= 15 is 0 Å². The number of piperazine rings is 1. The molecule has 1 fully saturated rings. The van der Waals surface area contributed by atoms with E-state index in [-0.39, 0.29) is 11.4 Å². The number of rotatable bonds is 3. The van der Waals surface area contributed by atoms with Crippen LogP contribution in [0.2, 0.25) is 0 Å². The second kappa shape index (κ2) is 4.36. The SMILES string of the molecule is CC(C)CCN1CC(C)(C)NC(C)(C)C1=O. The van der Waals surface area contributed by atoms with Crippen molar-refractivity contribution in [2.24, 2.45) is 5.92 Å². The average molecular weight is 226 g/mol. The Hall–Kier alpha value is -0.570.